The number of amides is 1. The summed E-state index contributed by atoms with van der Waals surface area (Å²) in [6, 6.07) is 8.99. The first-order chi connectivity index (χ1) is 9.31. The number of aliphatic imine (C=N–C) groups is 1. The van der Waals surface area contributed by atoms with Crippen molar-refractivity contribution in [3.05, 3.63) is 35.9 Å². The molecule has 5 heteroatoms. The van der Waals surface area contributed by atoms with Gasteiger partial charge in [0.15, 0.2) is 0 Å². The lowest BCUT2D eigenvalue weighted by atomic mass is 10.1. The monoisotopic (exact) mass is 277 g/mol. The summed E-state index contributed by atoms with van der Waals surface area (Å²) in [5, 5.41) is 0. The molecule has 1 aromatic rings. The highest BCUT2D eigenvalue weighted by Crippen LogP contribution is 2.11. The fourth-order valence-electron chi connectivity index (χ4n) is 1.44. The van der Waals surface area contributed by atoms with Crippen LogP contribution in [0, 0.1) is 0 Å². The van der Waals surface area contributed by atoms with Crippen molar-refractivity contribution in [2.45, 2.75) is 32.8 Å². The lowest BCUT2D eigenvalue weighted by molar-refractivity contribution is -0.139. The van der Waals surface area contributed by atoms with Crippen molar-refractivity contribution in [1.29, 1.82) is 0 Å². The fraction of sp³-hybridized carbons (Fsp3) is 0.400. The van der Waals surface area contributed by atoms with Crippen molar-refractivity contribution >= 4 is 17.8 Å². The van der Waals surface area contributed by atoms with Crippen LogP contribution in [0.4, 0.5) is 4.79 Å². The van der Waals surface area contributed by atoms with Crippen molar-refractivity contribution < 1.29 is 19.1 Å². The molecule has 0 saturated heterocycles. The van der Waals surface area contributed by atoms with Crippen LogP contribution in [0.5, 0.6) is 0 Å². The van der Waals surface area contributed by atoms with Gasteiger partial charge in [-0.1, -0.05) is 30.3 Å². The Morgan fingerprint density at radius 2 is 1.75 bits per heavy atom. The van der Waals surface area contributed by atoms with Gasteiger partial charge in [0.05, 0.1) is 19.2 Å². The molecule has 0 spiro atoms. The zero-order valence-electron chi connectivity index (χ0n) is 12.2. The predicted octanol–water partition coefficient (Wildman–Crippen LogP) is 2.97. The molecule has 0 N–H and O–H groups in total. The van der Waals surface area contributed by atoms with E-state index in [9.17, 15) is 9.59 Å². The van der Waals surface area contributed by atoms with Crippen LogP contribution in [-0.2, 0) is 14.3 Å². The van der Waals surface area contributed by atoms with Crippen molar-refractivity contribution in [2.75, 3.05) is 7.11 Å². The molecular formula is C15H19NO4. The minimum absolute atomic E-state index is 0.0836. The molecule has 1 rings (SSSR count). The minimum atomic E-state index is -0.722. The zero-order chi connectivity index (χ0) is 15.2. The van der Waals surface area contributed by atoms with Gasteiger partial charge in [0.1, 0.15) is 5.60 Å². The number of nitrogens with zero attached hydrogens (tertiary/aromatic N) is 1. The molecule has 108 valence electrons. The summed E-state index contributed by atoms with van der Waals surface area (Å²) >= 11 is 0. The number of rotatable bonds is 3. The van der Waals surface area contributed by atoms with Crippen LogP contribution in [0.2, 0.25) is 0 Å². The van der Waals surface area contributed by atoms with Crippen molar-refractivity contribution in [1.82, 2.24) is 0 Å². The second kappa shape index (κ2) is 6.84. The van der Waals surface area contributed by atoms with E-state index in [1.165, 1.54) is 7.11 Å². The summed E-state index contributed by atoms with van der Waals surface area (Å²) < 4.78 is 9.74. The number of hydrogen-bond donors (Lipinski definition) is 0. The third-order valence-electron chi connectivity index (χ3n) is 2.27. The second-order valence-electron chi connectivity index (χ2n) is 5.16. The normalized spacial score (nSPS) is 11.9. The van der Waals surface area contributed by atoms with E-state index in [1.807, 2.05) is 6.07 Å². The van der Waals surface area contributed by atoms with Crippen LogP contribution in [0.1, 0.15) is 32.8 Å². The van der Waals surface area contributed by atoms with Crippen LogP contribution in [0.25, 0.3) is 0 Å². The highest BCUT2D eigenvalue weighted by atomic mass is 16.6. The quantitative estimate of drug-likeness (QED) is 0.629. The summed E-state index contributed by atoms with van der Waals surface area (Å²) in [6.07, 6.45) is -0.806. The van der Waals surface area contributed by atoms with Gasteiger partial charge in [0.25, 0.3) is 0 Å². The zero-order valence-corrected chi connectivity index (χ0v) is 12.2. The number of methoxy groups -OCH3 is 1. The Morgan fingerprint density at radius 1 is 1.15 bits per heavy atom. The van der Waals surface area contributed by atoms with Crippen LogP contribution >= 0.6 is 0 Å². The van der Waals surface area contributed by atoms with Crippen LogP contribution in [-0.4, -0.2) is 30.5 Å². The van der Waals surface area contributed by atoms with E-state index in [0.717, 1.165) is 0 Å². The highest BCUT2D eigenvalue weighted by molar-refractivity contribution is 6.12. The summed E-state index contributed by atoms with van der Waals surface area (Å²) in [7, 11) is 1.29. The smallest absolute Gasteiger partial charge is 0.434 e. The lowest BCUT2D eigenvalue weighted by Gasteiger charge is -2.17. The largest absolute Gasteiger partial charge is 0.469 e. The summed E-state index contributed by atoms with van der Waals surface area (Å²) in [6.45, 7) is 5.26. The number of benzene rings is 1. The van der Waals surface area contributed by atoms with Crippen molar-refractivity contribution in [3.8, 4) is 0 Å². The van der Waals surface area contributed by atoms with Gasteiger partial charge >= 0.3 is 12.1 Å². The van der Waals surface area contributed by atoms with E-state index >= 15 is 0 Å². The third-order valence-corrected chi connectivity index (χ3v) is 2.27. The molecule has 0 aromatic heterocycles. The van der Waals surface area contributed by atoms with Crippen LogP contribution in [0.3, 0.4) is 0 Å². The van der Waals surface area contributed by atoms with E-state index < -0.39 is 17.7 Å². The summed E-state index contributed by atoms with van der Waals surface area (Å²) in [5.74, 6) is -0.462. The fourth-order valence-corrected chi connectivity index (χ4v) is 1.44. The molecule has 0 unspecified atom stereocenters. The second-order valence-corrected chi connectivity index (χ2v) is 5.16. The Labute approximate surface area is 118 Å². The summed E-state index contributed by atoms with van der Waals surface area (Å²) in [5.41, 5.74) is 0.378. The maximum Gasteiger partial charge on any atom is 0.434 e. The van der Waals surface area contributed by atoms with E-state index in [2.05, 4.69) is 9.73 Å². The molecule has 1 aromatic carbocycles. The maximum atomic E-state index is 11.8. The van der Waals surface area contributed by atoms with Crippen LogP contribution < -0.4 is 0 Å². The first-order valence-corrected chi connectivity index (χ1v) is 6.24. The van der Waals surface area contributed by atoms with E-state index in [0.29, 0.717) is 11.3 Å². The molecule has 20 heavy (non-hydrogen) atoms. The Morgan fingerprint density at radius 3 is 2.25 bits per heavy atom. The first kappa shape index (κ1) is 15.9. The lowest BCUT2D eigenvalue weighted by Crippen LogP contribution is -2.23. The maximum absolute atomic E-state index is 11.8. The average Bonchev–Trinajstić information content (AvgIpc) is 2.36. The van der Waals surface area contributed by atoms with E-state index in [1.54, 1.807) is 45.0 Å². The molecule has 0 aliphatic rings. The van der Waals surface area contributed by atoms with Gasteiger partial charge in [0, 0.05) is 0 Å². The standard InChI is InChI=1S/C15H19NO4/c1-15(2,3)20-14(18)16-12(10-13(17)19-4)11-8-6-5-7-9-11/h5-9H,10H2,1-4H3/b16-12-. The molecule has 0 aliphatic carbocycles. The topological polar surface area (TPSA) is 65.0 Å². The molecule has 0 bridgehead atoms. The number of carbonyl (C=O) groups is 2. The number of ether oxygens (including phenoxy) is 2. The van der Waals surface area contributed by atoms with Gasteiger partial charge in [-0.3, -0.25) is 4.79 Å². The molecule has 0 radical (unpaired) electrons. The molecular weight excluding hydrogens is 258 g/mol. The molecule has 0 heterocycles. The Hall–Kier alpha value is -2.17. The Balaban J connectivity index is 2.99. The van der Waals surface area contributed by atoms with E-state index in [4.69, 9.17) is 4.74 Å². The Kier molecular flexibility index (Phi) is 5.43. The minimum Gasteiger partial charge on any atom is -0.469 e. The summed E-state index contributed by atoms with van der Waals surface area (Å²) in [4.78, 5) is 27.0. The molecule has 0 fully saturated rings. The van der Waals surface area contributed by atoms with Gasteiger partial charge in [-0.2, -0.15) is 4.99 Å². The SMILES string of the molecule is COC(=O)C/C(=N/C(=O)OC(C)(C)C)c1ccccc1. The van der Waals surface area contributed by atoms with Gasteiger partial charge < -0.3 is 9.47 Å². The van der Waals surface area contributed by atoms with Gasteiger partial charge in [-0.15, -0.1) is 0 Å². The molecule has 0 saturated carbocycles. The number of hydrogen-bond acceptors (Lipinski definition) is 4. The average molecular weight is 277 g/mol. The van der Waals surface area contributed by atoms with Gasteiger partial charge in [-0.25, -0.2) is 4.79 Å². The molecule has 1 amide bonds. The van der Waals surface area contributed by atoms with E-state index in [-0.39, 0.29) is 6.42 Å². The van der Waals surface area contributed by atoms with Crippen molar-refractivity contribution in [2.24, 2.45) is 4.99 Å². The van der Waals surface area contributed by atoms with Crippen LogP contribution in [0.15, 0.2) is 35.3 Å². The Bertz CT molecular complexity index is 500. The number of esters is 1. The van der Waals surface area contributed by atoms with Gasteiger partial charge in [0.2, 0.25) is 0 Å². The predicted molar refractivity (Wildman–Crippen MR) is 75.8 cm³/mol. The molecule has 5 nitrogen and oxygen atoms in total. The number of carbonyl (C=O) groups excluding carboxylic acids is 2. The van der Waals surface area contributed by atoms with Gasteiger partial charge in [-0.05, 0) is 26.3 Å². The molecule has 0 atom stereocenters. The van der Waals surface area contributed by atoms with Crippen molar-refractivity contribution in [3.63, 3.8) is 0 Å². The third kappa shape index (κ3) is 5.65. The highest BCUT2D eigenvalue weighted by Gasteiger charge is 2.18. The molecule has 0 aliphatic heterocycles. The first-order valence-electron chi connectivity index (χ1n) is 6.24.